The third-order valence-electron chi connectivity index (χ3n) is 2.97. The number of nitrogens with one attached hydrogen (secondary N) is 1. The van der Waals surface area contributed by atoms with E-state index in [4.69, 9.17) is 11.6 Å². The number of aryl methyl sites for hydroxylation is 1. The summed E-state index contributed by atoms with van der Waals surface area (Å²) in [4.78, 5) is 5.45. The number of halogens is 1. The van der Waals surface area contributed by atoms with Gasteiger partial charge in [0.25, 0.3) is 0 Å². The van der Waals surface area contributed by atoms with E-state index in [2.05, 4.69) is 33.9 Å². The molecular formula is C15H12ClN3S. The quantitative estimate of drug-likeness (QED) is 0.562. The van der Waals surface area contributed by atoms with Gasteiger partial charge in [-0.2, -0.15) is 5.10 Å². The maximum absolute atomic E-state index is 5.97. The van der Waals surface area contributed by atoms with Crippen LogP contribution < -0.4 is 5.43 Å². The molecule has 3 nitrogen and oxygen atoms in total. The zero-order chi connectivity index (χ0) is 13.9. The first-order valence-electron chi connectivity index (χ1n) is 6.11. The molecule has 2 aromatic heterocycles. The van der Waals surface area contributed by atoms with Crippen LogP contribution in [-0.4, -0.2) is 11.2 Å². The highest BCUT2D eigenvalue weighted by atomic mass is 35.5. The van der Waals surface area contributed by atoms with Gasteiger partial charge in [-0.05, 0) is 48.2 Å². The first-order chi connectivity index (χ1) is 9.74. The Morgan fingerprint density at radius 3 is 3.00 bits per heavy atom. The van der Waals surface area contributed by atoms with E-state index in [0.717, 1.165) is 21.5 Å². The average molecular weight is 302 g/mol. The second-order valence-corrected chi connectivity index (χ2v) is 5.74. The molecule has 0 spiro atoms. The van der Waals surface area contributed by atoms with Crippen LogP contribution >= 0.6 is 22.9 Å². The molecule has 0 saturated heterocycles. The molecule has 20 heavy (non-hydrogen) atoms. The number of aromatic nitrogens is 1. The molecule has 0 saturated carbocycles. The molecule has 3 aromatic rings. The number of thiophene rings is 1. The van der Waals surface area contributed by atoms with E-state index in [1.54, 1.807) is 17.5 Å². The van der Waals surface area contributed by atoms with E-state index in [0.29, 0.717) is 5.02 Å². The molecule has 0 amide bonds. The van der Waals surface area contributed by atoms with Crippen LogP contribution in [0.1, 0.15) is 10.4 Å². The van der Waals surface area contributed by atoms with Crippen LogP contribution in [-0.2, 0) is 0 Å². The van der Waals surface area contributed by atoms with E-state index < -0.39 is 0 Å². The standard InChI is InChI=1S/C15H12ClN3S/c1-10-5-7-20-15(10)9-18-19-13-4-6-17-14-8-11(16)2-3-12(13)14/h2-9H,1H3,(H,17,19)/b18-9-. The lowest BCUT2D eigenvalue weighted by Crippen LogP contribution is -1.92. The molecule has 0 unspecified atom stereocenters. The lowest BCUT2D eigenvalue weighted by Gasteiger charge is -2.05. The molecule has 0 fully saturated rings. The number of hydrazone groups is 1. The molecule has 0 radical (unpaired) electrons. The third-order valence-corrected chi connectivity index (χ3v) is 4.16. The molecule has 2 heterocycles. The van der Waals surface area contributed by atoms with Crippen molar-refractivity contribution >= 4 is 45.7 Å². The van der Waals surface area contributed by atoms with Gasteiger partial charge in [-0.25, -0.2) is 0 Å². The molecule has 5 heteroatoms. The summed E-state index contributed by atoms with van der Waals surface area (Å²) >= 11 is 7.64. The largest absolute Gasteiger partial charge is 0.278 e. The number of hydrogen-bond acceptors (Lipinski definition) is 4. The zero-order valence-corrected chi connectivity index (χ0v) is 12.4. The minimum Gasteiger partial charge on any atom is -0.278 e. The van der Waals surface area contributed by atoms with Crippen LogP contribution in [0.15, 0.2) is 47.0 Å². The number of pyridine rings is 1. The smallest absolute Gasteiger partial charge is 0.0738 e. The van der Waals surface area contributed by atoms with Crippen molar-refractivity contribution in [2.24, 2.45) is 5.10 Å². The van der Waals surface area contributed by atoms with Gasteiger partial charge in [0.1, 0.15) is 0 Å². The van der Waals surface area contributed by atoms with E-state index in [1.165, 1.54) is 5.56 Å². The number of fused-ring (bicyclic) bond motifs is 1. The molecule has 0 aliphatic carbocycles. The molecule has 0 bridgehead atoms. The van der Waals surface area contributed by atoms with Crippen LogP contribution in [0.3, 0.4) is 0 Å². The van der Waals surface area contributed by atoms with E-state index >= 15 is 0 Å². The highest BCUT2D eigenvalue weighted by Crippen LogP contribution is 2.24. The summed E-state index contributed by atoms with van der Waals surface area (Å²) in [6, 6.07) is 9.61. The van der Waals surface area contributed by atoms with Gasteiger partial charge >= 0.3 is 0 Å². The Morgan fingerprint density at radius 1 is 1.30 bits per heavy atom. The summed E-state index contributed by atoms with van der Waals surface area (Å²) in [6.45, 7) is 2.07. The van der Waals surface area contributed by atoms with Crippen molar-refractivity contribution in [2.45, 2.75) is 6.92 Å². The maximum atomic E-state index is 5.97. The van der Waals surface area contributed by atoms with Crippen LogP contribution in [0.2, 0.25) is 5.02 Å². The molecule has 100 valence electrons. The predicted molar refractivity (Wildman–Crippen MR) is 87.0 cm³/mol. The van der Waals surface area contributed by atoms with Gasteiger partial charge in [-0.15, -0.1) is 11.3 Å². The first-order valence-corrected chi connectivity index (χ1v) is 7.37. The van der Waals surface area contributed by atoms with Gasteiger partial charge < -0.3 is 0 Å². The summed E-state index contributed by atoms with van der Waals surface area (Å²) in [7, 11) is 0. The van der Waals surface area contributed by atoms with Crippen molar-refractivity contribution in [1.82, 2.24) is 4.98 Å². The topological polar surface area (TPSA) is 37.3 Å². The van der Waals surface area contributed by atoms with Crippen molar-refractivity contribution in [2.75, 3.05) is 5.43 Å². The predicted octanol–water partition coefficient (Wildman–Crippen LogP) is 4.70. The normalized spacial score (nSPS) is 11.3. The SMILES string of the molecule is Cc1ccsc1/C=N\Nc1ccnc2cc(Cl)ccc12. The van der Waals surface area contributed by atoms with Crippen molar-refractivity contribution < 1.29 is 0 Å². The Morgan fingerprint density at radius 2 is 2.20 bits per heavy atom. The van der Waals surface area contributed by atoms with Crippen molar-refractivity contribution in [3.05, 3.63) is 57.4 Å². The fraction of sp³-hybridized carbons (Fsp3) is 0.0667. The van der Waals surface area contributed by atoms with E-state index in [9.17, 15) is 0 Å². The molecule has 3 rings (SSSR count). The number of nitrogens with zero attached hydrogens (tertiary/aromatic N) is 2. The molecule has 0 atom stereocenters. The summed E-state index contributed by atoms with van der Waals surface area (Å²) in [5, 5.41) is 8.03. The average Bonchev–Trinajstić information content (AvgIpc) is 2.84. The highest BCUT2D eigenvalue weighted by Gasteiger charge is 2.01. The minimum atomic E-state index is 0.680. The number of hydrogen-bond donors (Lipinski definition) is 1. The van der Waals surface area contributed by atoms with E-state index in [1.807, 2.05) is 30.5 Å². The summed E-state index contributed by atoms with van der Waals surface area (Å²) in [5.41, 5.74) is 6.06. The molecule has 1 N–H and O–H groups in total. The van der Waals surface area contributed by atoms with Crippen LogP contribution in [0.5, 0.6) is 0 Å². The zero-order valence-electron chi connectivity index (χ0n) is 10.8. The Hall–Kier alpha value is -1.91. The van der Waals surface area contributed by atoms with Gasteiger partial charge in [0, 0.05) is 21.5 Å². The third kappa shape index (κ3) is 2.66. The fourth-order valence-electron chi connectivity index (χ4n) is 1.90. The maximum Gasteiger partial charge on any atom is 0.0738 e. The van der Waals surface area contributed by atoms with E-state index in [-0.39, 0.29) is 0 Å². The van der Waals surface area contributed by atoms with Crippen LogP contribution in [0.25, 0.3) is 10.9 Å². The van der Waals surface area contributed by atoms with Gasteiger partial charge in [0.2, 0.25) is 0 Å². The number of rotatable bonds is 3. The summed E-state index contributed by atoms with van der Waals surface area (Å²) in [6.07, 6.45) is 3.58. The lowest BCUT2D eigenvalue weighted by atomic mass is 10.2. The van der Waals surface area contributed by atoms with Crippen molar-refractivity contribution in [3.8, 4) is 0 Å². The number of benzene rings is 1. The first kappa shape index (κ1) is 13.1. The minimum absolute atomic E-state index is 0.680. The molecule has 0 aliphatic heterocycles. The van der Waals surface area contributed by atoms with Gasteiger partial charge in [-0.3, -0.25) is 10.4 Å². The molecular weight excluding hydrogens is 290 g/mol. The van der Waals surface area contributed by atoms with Crippen molar-refractivity contribution in [3.63, 3.8) is 0 Å². The molecule has 1 aromatic carbocycles. The highest BCUT2D eigenvalue weighted by molar-refractivity contribution is 7.11. The Labute approximate surface area is 125 Å². The fourth-order valence-corrected chi connectivity index (χ4v) is 2.85. The second kappa shape index (κ2) is 5.61. The number of anilines is 1. The Kier molecular flexibility index (Phi) is 3.67. The van der Waals surface area contributed by atoms with Gasteiger partial charge in [0.15, 0.2) is 0 Å². The van der Waals surface area contributed by atoms with Gasteiger partial charge in [-0.1, -0.05) is 11.6 Å². The summed E-state index contributed by atoms with van der Waals surface area (Å²) in [5.74, 6) is 0. The lowest BCUT2D eigenvalue weighted by molar-refractivity contribution is 1.33. The Bertz CT molecular complexity index is 780. The van der Waals surface area contributed by atoms with Gasteiger partial charge in [0.05, 0.1) is 17.4 Å². The monoisotopic (exact) mass is 301 g/mol. The molecule has 0 aliphatic rings. The van der Waals surface area contributed by atoms with Crippen LogP contribution in [0.4, 0.5) is 5.69 Å². The summed E-state index contributed by atoms with van der Waals surface area (Å²) < 4.78 is 0. The van der Waals surface area contributed by atoms with Crippen LogP contribution in [0, 0.1) is 6.92 Å². The second-order valence-electron chi connectivity index (χ2n) is 4.36. The Balaban J connectivity index is 1.88. The van der Waals surface area contributed by atoms with Crippen molar-refractivity contribution in [1.29, 1.82) is 0 Å².